The van der Waals surface area contributed by atoms with E-state index in [0.717, 1.165) is 25.7 Å². The Labute approximate surface area is 140 Å². The first-order valence-corrected chi connectivity index (χ1v) is 9.26. The number of hydrogen-bond donors (Lipinski definition) is 0. The standard InChI is InChI=1S/C15H19NO3S.W/c1-10(19-3)8-11-6-4-5-7-12(9-11)13-14(17)16(2)15(18)20-13;/h8,12-13H,1,4-7H2,2-3H3;/b11-8-;. The Morgan fingerprint density at radius 2 is 2.19 bits per heavy atom. The van der Waals surface area contributed by atoms with E-state index in [1.807, 2.05) is 6.08 Å². The first-order valence-electron chi connectivity index (χ1n) is 6.91. The van der Waals surface area contributed by atoms with E-state index in [9.17, 15) is 9.59 Å². The molecule has 0 aromatic carbocycles. The second kappa shape index (κ2) is 7.06. The third kappa shape index (κ3) is 3.57. The molecule has 2 fully saturated rings. The van der Waals surface area contributed by atoms with Gasteiger partial charge in [-0.05, 0) is 0 Å². The molecule has 2 amide bonds. The number of allylic oxidation sites excluding steroid dienone is 2. The molecular weight excluding hydrogens is 458 g/mol. The van der Waals surface area contributed by atoms with Crippen molar-refractivity contribution in [3.05, 3.63) is 24.0 Å². The number of hydrogen-bond acceptors (Lipinski definition) is 4. The van der Waals surface area contributed by atoms with Crippen molar-refractivity contribution < 1.29 is 33.7 Å². The van der Waals surface area contributed by atoms with Crippen molar-refractivity contribution in [3.8, 4) is 0 Å². The molecule has 0 spiro atoms. The zero-order chi connectivity index (χ0) is 15.6. The molecule has 0 bridgehead atoms. The Morgan fingerprint density at radius 1 is 1.48 bits per heavy atom. The number of ether oxygens (including phenoxy) is 1. The molecule has 2 rings (SSSR count). The van der Waals surface area contributed by atoms with Gasteiger partial charge in [-0.3, -0.25) is 0 Å². The Bertz CT molecular complexity index is 529. The van der Waals surface area contributed by atoms with Crippen LogP contribution in [0.25, 0.3) is 0 Å². The van der Waals surface area contributed by atoms with Gasteiger partial charge >= 0.3 is 140 Å². The monoisotopic (exact) mass is 477 g/mol. The maximum absolute atomic E-state index is 12.3. The molecule has 0 aromatic rings. The van der Waals surface area contributed by atoms with E-state index in [2.05, 4.69) is 6.58 Å². The Hall–Kier alpha value is -0.672. The molecule has 2 aliphatic rings. The molecule has 4 nitrogen and oxygen atoms in total. The van der Waals surface area contributed by atoms with E-state index in [4.69, 9.17) is 4.74 Å². The maximum atomic E-state index is 12.3. The van der Waals surface area contributed by atoms with Crippen LogP contribution in [0.3, 0.4) is 0 Å². The normalized spacial score (nSPS) is 29.0. The van der Waals surface area contributed by atoms with Gasteiger partial charge < -0.3 is 0 Å². The summed E-state index contributed by atoms with van der Waals surface area (Å²) in [5.41, 5.74) is 1.23. The summed E-state index contributed by atoms with van der Waals surface area (Å²) < 4.78 is 6.43. The van der Waals surface area contributed by atoms with Gasteiger partial charge in [-0.1, -0.05) is 0 Å². The predicted octanol–water partition coefficient (Wildman–Crippen LogP) is 2.68. The van der Waals surface area contributed by atoms with E-state index in [-0.39, 0.29) is 22.3 Å². The van der Waals surface area contributed by atoms with E-state index >= 15 is 0 Å². The fourth-order valence-corrected chi connectivity index (χ4v) is 5.62. The van der Waals surface area contributed by atoms with E-state index < -0.39 is 0 Å². The van der Waals surface area contributed by atoms with Gasteiger partial charge in [0.2, 0.25) is 0 Å². The van der Waals surface area contributed by atoms with E-state index in [1.54, 1.807) is 14.2 Å². The van der Waals surface area contributed by atoms with Gasteiger partial charge in [0.05, 0.1) is 0 Å². The fourth-order valence-electron chi connectivity index (χ4n) is 2.63. The third-order valence-corrected chi connectivity index (χ3v) is 7.19. The summed E-state index contributed by atoms with van der Waals surface area (Å²) in [6.45, 7) is 3.86. The van der Waals surface area contributed by atoms with Crippen molar-refractivity contribution in [1.29, 1.82) is 0 Å². The summed E-state index contributed by atoms with van der Waals surface area (Å²) >= 11 is 2.54. The van der Waals surface area contributed by atoms with E-state index in [0.29, 0.717) is 5.76 Å². The van der Waals surface area contributed by atoms with Crippen molar-refractivity contribution in [3.63, 3.8) is 0 Å². The summed E-state index contributed by atoms with van der Waals surface area (Å²) in [5, 5.41) is -0.392. The van der Waals surface area contributed by atoms with Crippen LogP contribution in [0.15, 0.2) is 24.0 Å². The van der Waals surface area contributed by atoms with Crippen molar-refractivity contribution in [1.82, 2.24) is 4.90 Å². The van der Waals surface area contributed by atoms with Gasteiger partial charge in [0.15, 0.2) is 0 Å². The number of thioether (sulfide) groups is 1. The molecule has 0 radical (unpaired) electrons. The summed E-state index contributed by atoms with van der Waals surface area (Å²) in [5.74, 6) is 0.744. The van der Waals surface area contributed by atoms with Gasteiger partial charge in [-0.2, -0.15) is 0 Å². The number of imide groups is 1. The Morgan fingerprint density at radius 3 is 2.76 bits per heavy atom. The van der Waals surface area contributed by atoms with Crippen LogP contribution in [0.4, 0.5) is 4.79 Å². The minimum atomic E-state index is -0.257. The second-order valence-corrected chi connectivity index (χ2v) is 7.93. The number of carbonyl (C=O) groups is 2. The van der Waals surface area contributed by atoms with Crippen LogP contribution in [0.1, 0.15) is 25.7 Å². The van der Waals surface area contributed by atoms with Crippen LogP contribution < -0.4 is 0 Å². The number of rotatable bonds is 3. The molecule has 2 atom stereocenters. The van der Waals surface area contributed by atoms with Crippen LogP contribution in [0.2, 0.25) is 0 Å². The van der Waals surface area contributed by atoms with Gasteiger partial charge in [0.25, 0.3) is 0 Å². The molecule has 2 unspecified atom stereocenters. The number of nitrogens with zero attached hydrogens (tertiary/aromatic N) is 1. The minimum absolute atomic E-state index is 0.0550. The Balaban J connectivity index is 2.25. The van der Waals surface area contributed by atoms with Gasteiger partial charge in [-0.25, -0.2) is 0 Å². The topological polar surface area (TPSA) is 46.6 Å². The van der Waals surface area contributed by atoms with Crippen molar-refractivity contribution in [2.24, 2.45) is 5.92 Å². The molecule has 1 heterocycles. The molecule has 21 heavy (non-hydrogen) atoms. The van der Waals surface area contributed by atoms with Crippen LogP contribution in [-0.4, -0.2) is 39.4 Å². The van der Waals surface area contributed by atoms with Crippen LogP contribution in [-0.2, 0) is 28.9 Å². The molecule has 1 saturated heterocycles. The average Bonchev–Trinajstić information content (AvgIpc) is 2.64. The van der Waals surface area contributed by atoms with Crippen LogP contribution >= 0.6 is 11.8 Å². The molecular formula is C15H19NO3SW. The second-order valence-electron chi connectivity index (χ2n) is 5.26. The summed E-state index contributed by atoms with van der Waals surface area (Å²) in [4.78, 5) is 25.3. The number of methoxy groups -OCH3 is 1. The Kier molecular flexibility index (Phi) is 5.61. The predicted molar refractivity (Wildman–Crippen MR) is 80.7 cm³/mol. The average molecular weight is 477 g/mol. The summed E-state index contributed by atoms with van der Waals surface area (Å²) in [6.07, 6.45) is 6.13. The third-order valence-electron chi connectivity index (χ3n) is 3.90. The first kappa shape index (κ1) is 16.7. The van der Waals surface area contributed by atoms with E-state index in [1.165, 1.54) is 45.5 Å². The first-order chi connectivity index (χ1) is 9.95. The summed E-state index contributed by atoms with van der Waals surface area (Å²) in [6, 6.07) is 0. The molecule has 1 aliphatic heterocycles. The van der Waals surface area contributed by atoms with Crippen molar-refractivity contribution >= 4 is 26.8 Å². The molecule has 0 N–H and O–H groups in total. The van der Waals surface area contributed by atoms with Gasteiger partial charge in [0, 0.05) is 0 Å². The number of carbonyl (C=O) groups excluding carboxylic acids is 2. The quantitative estimate of drug-likeness (QED) is 0.464. The fraction of sp³-hybridized carbons (Fsp3) is 0.533. The molecule has 114 valence electrons. The zero-order valence-electron chi connectivity index (χ0n) is 12.3. The molecule has 1 aliphatic carbocycles. The van der Waals surface area contributed by atoms with Gasteiger partial charge in [-0.15, -0.1) is 0 Å². The van der Waals surface area contributed by atoms with Gasteiger partial charge in [0.1, 0.15) is 0 Å². The van der Waals surface area contributed by atoms with Crippen LogP contribution in [0, 0.1) is 5.92 Å². The molecule has 1 saturated carbocycles. The SMILES string of the molecule is C=C(/C=C1/CCCCC(C2SC(=O)N(C)C2=O)[C]1=[W])OC. The molecule has 6 heteroatoms. The molecule has 0 aromatic heterocycles. The summed E-state index contributed by atoms with van der Waals surface area (Å²) in [7, 11) is 3.18. The number of amides is 2. The zero-order valence-corrected chi connectivity index (χ0v) is 16.0. The van der Waals surface area contributed by atoms with Crippen LogP contribution in [0.5, 0.6) is 0 Å². The van der Waals surface area contributed by atoms with Crippen molar-refractivity contribution in [2.75, 3.05) is 14.2 Å². The van der Waals surface area contributed by atoms with Crippen molar-refractivity contribution in [2.45, 2.75) is 30.9 Å².